The van der Waals surface area contributed by atoms with Crippen LogP contribution >= 0.6 is 0 Å². The van der Waals surface area contributed by atoms with E-state index in [1.807, 2.05) is 31.2 Å². The zero-order valence-electron chi connectivity index (χ0n) is 12.1. The van der Waals surface area contributed by atoms with Crippen molar-refractivity contribution < 1.29 is 18.4 Å². The molecule has 1 N–H and O–H groups in total. The van der Waals surface area contributed by atoms with Gasteiger partial charge in [-0.25, -0.2) is 0 Å². The third-order valence-electron chi connectivity index (χ3n) is 3.29. The lowest BCUT2D eigenvalue weighted by molar-refractivity contribution is 0.0845. The lowest BCUT2D eigenvalue weighted by Gasteiger charge is -2.15. The highest BCUT2D eigenvalue weighted by molar-refractivity contribution is 7.79. The first-order valence-electron chi connectivity index (χ1n) is 6.98. The van der Waals surface area contributed by atoms with E-state index in [1.54, 1.807) is 12.1 Å². The van der Waals surface area contributed by atoms with Crippen molar-refractivity contribution in [2.75, 3.05) is 5.75 Å². The predicted octanol–water partition coefficient (Wildman–Crippen LogP) is 2.39. The molecule has 1 heterocycles. The Bertz CT molecular complexity index is 693. The Morgan fingerprint density at radius 1 is 1.05 bits per heavy atom. The quantitative estimate of drug-likeness (QED) is 0.695. The van der Waals surface area contributed by atoms with Crippen molar-refractivity contribution >= 4 is 33.7 Å². The summed E-state index contributed by atoms with van der Waals surface area (Å²) < 4.78 is 19.5. The predicted molar refractivity (Wildman–Crippen MR) is 84.4 cm³/mol. The van der Waals surface area contributed by atoms with Gasteiger partial charge in [-0.3, -0.25) is 19.1 Å². The summed E-state index contributed by atoms with van der Waals surface area (Å²) in [7, 11) is 0. The first-order valence-corrected chi connectivity index (χ1v) is 8.22. The summed E-state index contributed by atoms with van der Waals surface area (Å²) in [5.74, 6) is -0.315. The van der Waals surface area contributed by atoms with Crippen LogP contribution in [0.25, 0.3) is 10.8 Å². The first kappa shape index (κ1) is 16.3. The van der Waals surface area contributed by atoms with Crippen LogP contribution in [-0.2, 0) is 11.1 Å². The van der Waals surface area contributed by atoms with Crippen molar-refractivity contribution in [2.24, 2.45) is 0 Å². The summed E-state index contributed by atoms with van der Waals surface area (Å²) in [5.41, 5.74) is 1.14. The van der Waals surface area contributed by atoms with Crippen LogP contribution in [0.4, 0.5) is 0 Å². The Morgan fingerprint density at radius 3 is 2.00 bits per heavy atom. The highest BCUT2D eigenvalue weighted by Crippen LogP contribution is 2.25. The fourth-order valence-corrected chi connectivity index (χ4v) is 2.74. The van der Waals surface area contributed by atoms with Crippen molar-refractivity contribution in [1.82, 2.24) is 5.32 Å². The zero-order valence-corrected chi connectivity index (χ0v) is 12.9. The van der Waals surface area contributed by atoms with Gasteiger partial charge in [0.05, 0.1) is 0 Å². The molecule has 3 rings (SSSR count). The van der Waals surface area contributed by atoms with Gasteiger partial charge in [-0.05, 0) is 23.9 Å². The number of hydrogen-bond donors (Lipinski definition) is 1. The summed E-state index contributed by atoms with van der Waals surface area (Å²) in [4.78, 5) is 23.1. The van der Waals surface area contributed by atoms with E-state index in [0.717, 1.165) is 23.6 Å². The van der Waals surface area contributed by atoms with Gasteiger partial charge >= 0.3 is 0 Å². The Labute approximate surface area is 131 Å². The molecule has 0 saturated heterocycles. The summed E-state index contributed by atoms with van der Waals surface area (Å²) in [6.07, 6.45) is 1.74. The maximum atomic E-state index is 11.6. The molecule has 22 heavy (non-hydrogen) atoms. The van der Waals surface area contributed by atoms with Gasteiger partial charge in [-0.1, -0.05) is 48.7 Å². The number of unbranched alkanes of at least 4 members (excludes halogenated alkanes) is 1. The molecular weight excluding hydrogens is 302 g/mol. The van der Waals surface area contributed by atoms with Crippen LogP contribution < -0.4 is 5.32 Å². The molecule has 1 aliphatic rings. The maximum absolute atomic E-state index is 11.6. The number of hydrogen-bond acceptors (Lipinski definition) is 4. The third kappa shape index (κ3) is 3.58. The highest BCUT2D eigenvalue weighted by Gasteiger charge is 2.23. The molecule has 1 aliphatic heterocycles. The monoisotopic (exact) mass is 318 g/mol. The minimum atomic E-state index is -1.82. The SMILES string of the molecule is CCCCS(=O)[O-].O=C1NC(=O)c2cccc3cccc1c23. The number of rotatable bonds is 3. The maximum Gasteiger partial charge on any atom is 0.258 e. The second-order valence-corrected chi connectivity index (χ2v) is 5.87. The van der Waals surface area contributed by atoms with Crippen molar-refractivity contribution in [3.8, 4) is 0 Å². The normalized spacial score (nSPS) is 14.1. The largest absolute Gasteiger partial charge is 0.772 e. The second-order valence-electron chi connectivity index (χ2n) is 4.85. The number of nitrogens with one attached hydrogen (secondary N) is 1. The summed E-state index contributed by atoms with van der Waals surface area (Å²) in [6.45, 7) is 1.97. The molecule has 0 spiro atoms. The van der Waals surface area contributed by atoms with Crippen LogP contribution in [0.1, 0.15) is 40.5 Å². The van der Waals surface area contributed by atoms with Gasteiger partial charge in [-0.15, -0.1) is 0 Å². The van der Waals surface area contributed by atoms with E-state index < -0.39 is 11.1 Å². The van der Waals surface area contributed by atoms with Gasteiger partial charge in [-0.2, -0.15) is 0 Å². The summed E-state index contributed by atoms with van der Waals surface area (Å²) in [5, 5.41) is 4.00. The third-order valence-corrected chi connectivity index (χ3v) is 3.91. The molecule has 5 nitrogen and oxygen atoms in total. The molecule has 0 saturated carbocycles. The number of imide groups is 1. The van der Waals surface area contributed by atoms with Crippen LogP contribution in [0.3, 0.4) is 0 Å². The van der Waals surface area contributed by atoms with Gasteiger partial charge in [0.15, 0.2) is 0 Å². The first-order chi connectivity index (χ1) is 10.5. The van der Waals surface area contributed by atoms with Crippen LogP contribution in [0.15, 0.2) is 36.4 Å². The average Bonchev–Trinajstić information content (AvgIpc) is 2.51. The lowest BCUT2D eigenvalue weighted by atomic mass is 9.95. The molecular formula is C16H16NO4S-. The number of amides is 2. The Morgan fingerprint density at radius 2 is 1.59 bits per heavy atom. The zero-order chi connectivity index (χ0) is 16.1. The summed E-state index contributed by atoms with van der Waals surface area (Å²) in [6, 6.07) is 10.9. The van der Waals surface area contributed by atoms with E-state index in [1.165, 1.54) is 0 Å². The topological polar surface area (TPSA) is 86.3 Å². The van der Waals surface area contributed by atoms with Gasteiger partial charge in [0.25, 0.3) is 11.8 Å². The molecule has 0 aliphatic carbocycles. The van der Waals surface area contributed by atoms with Crippen molar-refractivity contribution in [3.63, 3.8) is 0 Å². The molecule has 1 atom stereocenters. The molecule has 0 radical (unpaired) electrons. The van der Waals surface area contributed by atoms with Gasteiger partial charge in [0.1, 0.15) is 0 Å². The van der Waals surface area contributed by atoms with Crippen molar-refractivity contribution in [3.05, 3.63) is 47.5 Å². The molecule has 0 aromatic heterocycles. The standard InChI is InChI=1S/C12H7NO2.C4H10O2S/c14-11-8-5-1-3-7-4-2-6-9(10(7)8)12(15)13-11;1-2-3-4-7(5)6/h1-6H,(H,13,14,15);2-4H2,1H3,(H,5,6)/p-1. The van der Waals surface area contributed by atoms with Gasteiger partial charge < -0.3 is 4.55 Å². The Kier molecular flexibility index (Phi) is 5.41. The van der Waals surface area contributed by atoms with Crippen molar-refractivity contribution in [1.29, 1.82) is 0 Å². The highest BCUT2D eigenvalue weighted by atomic mass is 32.2. The van der Waals surface area contributed by atoms with Crippen LogP contribution in [0.2, 0.25) is 0 Å². The summed E-state index contributed by atoms with van der Waals surface area (Å²) >= 11 is -1.82. The Balaban J connectivity index is 0.000000217. The minimum Gasteiger partial charge on any atom is -0.772 e. The molecule has 1 unspecified atom stereocenters. The van der Waals surface area contributed by atoms with E-state index in [2.05, 4.69) is 5.32 Å². The molecule has 0 bridgehead atoms. The molecule has 0 fully saturated rings. The van der Waals surface area contributed by atoms with E-state index >= 15 is 0 Å². The van der Waals surface area contributed by atoms with Crippen LogP contribution in [0.5, 0.6) is 0 Å². The van der Waals surface area contributed by atoms with E-state index in [0.29, 0.717) is 16.9 Å². The van der Waals surface area contributed by atoms with Gasteiger partial charge in [0.2, 0.25) is 0 Å². The molecule has 116 valence electrons. The molecule has 2 aromatic rings. The van der Waals surface area contributed by atoms with Crippen LogP contribution in [0, 0.1) is 0 Å². The van der Waals surface area contributed by atoms with E-state index in [9.17, 15) is 18.4 Å². The lowest BCUT2D eigenvalue weighted by Crippen LogP contribution is -2.34. The number of carbonyl (C=O) groups excluding carboxylic acids is 2. The fraction of sp³-hybridized carbons (Fsp3) is 0.250. The second kappa shape index (κ2) is 7.29. The molecule has 2 aromatic carbocycles. The van der Waals surface area contributed by atoms with Gasteiger partial charge in [0, 0.05) is 22.3 Å². The van der Waals surface area contributed by atoms with Crippen molar-refractivity contribution in [2.45, 2.75) is 19.8 Å². The average molecular weight is 318 g/mol. The fourth-order valence-electron chi connectivity index (χ4n) is 2.22. The van der Waals surface area contributed by atoms with Crippen LogP contribution in [-0.4, -0.2) is 26.3 Å². The molecule has 2 amide bonds. The van der Waals surface area contributed by atoms with E-state index in [4.69, 9.17) is 0 Å². The Hall–Kier alpha value is -2.05. The molecule has 6 heteroatoms. The number of carbonyl (C=O) groups is 2. The van der Waals surface area contributed by atoms with E-state index in [-0.39, 0.29) is 11.8 Å². The minimum absolute atomic E-state index is 0.315. The smallest absolute Gasteiger partial charge is 0.258 e. The number of benzene rings is 2.